The smallest absolute Gasteiger partial charge is 0.254 e. The summed E-state index contributed by atoms with van der Waals surface area (Å²) in [6, 6.07) is 5.67. The Labute approximate surface area is 95.9 Å². The molecular formula is C12H18N2O2. The van der Waals surface area contributed by atoms with E-state index in [1.165, 1.54) is 18.7 Å². The van der Waals surface area contributed by atoms with Crippen molar-refractivity contribution in [2.45, 2.75) is 32.9 Å². The molecule has 0 saturated carbocycles. The first-order valence-electron chi connectivity index (χ1n) is 5.21. The number of amides is 1. The van der Waals surface area contributed by atoms with Gasteiger partial charge in [0.1, 0.15) is 5.60 Å². The largest absolute Gasteiger partial charge is 0.381 e. The molecule has 88 valence electrons. The molecule has 0 bridgehead atoms. The lowest BCUT2D eigenvalue weighted by Gasteiger charge is -2.24. The zero-order valence-corrected chi connectivity index (χ0v) is 10.2. The van der Waals surface area contributed by atoms with E-state index in [4.69, 9.17) is 0 Å². The Morgan fingerprint density at radius 2 is 2.12 bits per heavy atom. The molecule has 4 nitrogen and oxygen atoms in total. The fourth-order valence-corrected chi connectivity index (χ4v) is 1.47. The molecule has 1 rings (SSSR count). The van der Waals surface area contributed by atoms with Gasteiger partial charge in [-0.25, -0.2) is 0 Å². The van der Waals surface area contributed by atoms with Gasteiger partial charge in [-0.2, -0.15) is 0 Å². The zero-order chi connectivity index (χ0) is 12.3. The van der Waals surface area contributed by atoms with Gasteiger partial charge in [-0.1, -0.05) is 6.07 Å². The molecule has 1 aromatic heterocycles. The van der Waals surface area contributed by atoms with Crippen LogP contribution in [0.1, 0.15) is 25.2 Å². The van der Waals surface area contributed by atoms with Gasteiger partial charge in [0, 0.05) is 12.7 Å². The second-order valence-corrected chi connectivity index (χ2v) is 4.49. The second-order valence-electron chi connectivity index (χ2n) is 4.49. The molecular weight excluding hydrogens is 204 g/mol. The predicted molar refractivity (Wildman–Crippen MR) is 61.7 cm³/mol. The van der Waals surface area contributed by atoms with Crippen LogP contribution < -0.4 is 0 Å². The summed E-state index contributed by atoms with van der Waals surface area (Å²) in [5.74, 6) is -0.309. The Bertz CT molecular complexity index is 383. The molecule has 0 fully saturated rings. The van der Waals surface area contributed by atoms with Gasteiger partial charge in [-0.05, 0) is 32.9 Å². The molecule has 0 aliphatic carbocycles. The van der Waals surface area contributed by atoms with Crippen LogP contribution in [0.15, 0.2) is 18.2 Å². The first kappa shape index (κ1) is 12.6. The van der Waals surface area contributed by atoms with E-state index in [1.807, 2.05) is 25.1 Å². The van der Waals surface area contributed by atoms with Crippen molar-refractivity contribution < 1.29 is 9.90 Å². The number of nitrogens with zero attached hydrogens (tertiary/aromatic N) is 2. The molecule has 1 N–H and O–H groups in total. The third kappa shape index (κ3) is 3.31. The lowest BCUT2D eigenvalue weighted by atomic mass is 10.1. The summed E-state index contributed by atoms with van der Waals surface area (Å²) in [7, 11) is 1.66. The van der Waals surface area contributed by atoms with Crippen LogP contribution in [0.3, 0.4) is 0 Å². The van der Waals surface area contributed by atoms with Crippen LogP contribution in [0.4, 0.5) is 0 Å². The van der Waals surface area contributed by atoms with Gasteiger partial charge < -0.3 is 10.0 Å². The minimum atomic E-state index is -1.33. The van der Waals surface area contributed by atoms with Gasteiger partial charge >= 0.3 is 0 Å². The van der Waals surface area contributed by atoms with Crippen molar-refractivity contribution in [1.29, 1.82) is 0 Å². The van der Waals surface area contributed by atoms with Crippen molar-refractivity contribution in [3.8, 4) is 0 Å². The van der Waals surface area contributed by atoms with Crippen LogP contribution in [-0.4, -0.2) is 33.5 Å². The average Bonchev–Trinajstić information content (AvgIpc) is 2.15. The fourth-order valence-electron chi connectivity index (χ4n) is 1.47. The highest BCUT2D eigenvalue weighted by Crippen LogP contribution is 2.09. The highest BCUT2D eigenvalue weighted by Gasteiger charge is 2.27. The Morgan fingerprint density at radius 1 is 1.50 bits per heavy atom. The predicted octanol–water partition coefficient (Wildman–Crippen LogP) is 1.12. The molecule has 0 saturated heterocycles. The van der Waals surface area contributed by atoms with Crippen LogP contribution in [0.25, 0.3) is 0 Å². The molecule has 0 aliphatic heterocycles. The van der Waals surface area contributed by atoms with Crippen LogP contribution >= 0.6 is 0 Å². The van der Waals surface area contributed by atoms with Crippen LogP contribution in [0.5, 0.6) is 0 Å². The minimum Gasteiger partial charge on any atom is -0.381 e. The topological polar surface area (TPSA) is 53.4 Å². The van der Waals surface area contributed by atoms with Crippen molar-refractivity contribution in [3.63, 3.8) is 0 Å². The number of aromatic nitrogens is 1. The van der Waals surface area contributed by atoms with Crippen LogP contribution in [-0.2, 0) is 11.3 Å². The van der Waals surface area contributed by atoms with Gasteiger partial charge in [0.2, 0.25) is 0 Å². The molecule has 0 unspecified atom stereocenters. The van der Waals surface area contributed by atoms with Gasteiger partial charge in [0.25, 0.3) is 5.91 Å². The zero-order valence-electron chi connectivity index (χ0n) is 10.2. The van der Waals surface area contributed by atoms with Gasteiger partial charge in [0.05, 0.1) is 12.2 Å². The van der Waals surface area contributed by atoms with E-state index >= 15 is 0 Å². The van der Waals surface area contributed by atoms with E-state index in [-0.39, 0.29) is 5.91 Å². The third-order valence-corrected chi connectivity index (χ3v) is 2.22. The number of aliphatic hydroxyl groups is 1. The summed E-state index contributed by atoms with van der Waals surface area (Å²) < 4.78 is 0. The molecule has 1 aromatic rings. The molecule has 0 radical (unpaired) electrons. The Balaban J connectivity index is 2.72. The molecule has 0 spiro atoms. The number of rotatable bonds is 3. The number of carbonyl (C=O) groups is 1. The van der Waals surface area contributed by atoms with Crippen LogP contribution in [0.2, 0.25) is 0 Å². The number of likely N-dealkylation sites (N-methyl/N-ethyl adjacent to an activating group) is 1. The minimum absolute atomic E-state index is 0.309. The summed E-state index contributed by atoms with van der Waals surface area (Å²) in [6.07, 6.45) is 0. The summed E-state index contributed by atoms with van der Waals surface area (Å²) in [4.78, 5) is 17.5. The lowest BCUT2D eigenvalue weighted by molar-refractivity contribution is -0.147. The maximum Gasteiger partial charge on any atom is 0.254 e. The van der Waals surface area contributed by atoms with Crippen LogP contribution in [0, 0.1) is 6.92 Å². The van der Waals surface area contributed by atoms with E-state index in [9.17, 15) is 9.90 Å². The van der Waals surface area contributed by atoms with E-state index in [1.54, 1.807) is 7.05 Å². The molecule has 0 aromatic carbocycles. The standard InChI is InChI=1S/C12H18N2O2/c1-9-6-5-7-10(13-9)8-14(4)11(15)12(2,3)16/h5-7,16H,8H2,1-4H3. The maximum absolute atomic E-state index is 11.7. The number of hydrogen-bond donors (Lipinski definition) is 1. The molecule has 4 heteroatoms. The highest BCUT2D eigenvalue weighted by molar-refractivity contribution is 5.83. The second kappa shape index (κ2) is 4.61. The van der Waals surface area contributed by atoms with E-state index in [0.29, 0.717) is 6.54 Å². The molecule has 1 amide bonds. The number of pyridine rings is 1. The first-order chi connectivity index (χ1) is 7.30. The van der Waals surface area contributed by atoms with Gasteiger partial charge in [0.15, 0.2) is 0 Å². The Kier molecular flexibility index (Phi) is 3.65. The quantitative estimate of drug-likeness (QED) is 0.833. The van der Waals surface area contributed by atoms with Crippen molar-refractivity contribution >= 4 is 5.91 Å². The molecule has 16 heavy (non-hydrogen) atoms. The summed E-state index contributed by atoms with van der Waals surface area (Å²) in [6.45, 7) is 5.27. The van der Waals surface area contributed by atoms with Gasteiger partial charge in [-0.15, -0.1) is 0 Å². The van der Waals surface area contributed by atoms with E-state index in [2.05, 4.69) is 4.98 Å². The number of hydrogen-bond acceptors (Lipinski definition) is 3. The van der Waals surface area contributed by atoms with Crippen molar-refractivity contribution in [2.24, 2.45) is 0 Å². The molecule has 0 atom stereocenters. The van der Waals surface area contributed by atoms with Gasteiger partial charge in [-0.3, -0.25) is 9.78 Å². The Hall–Kier alpha value is -1.42. The highest BCUT2D eigenvalue weighted by atomic mass is 16.3. The normalized spacial score (nSPS) is 11.3. The first-order valence-corrected chi connectivity index (χ1v) is 5.21. The van der Waals surface area contributed by atoms with E-state index in [0.717, 1.165) is 11.4 Å². The monoisotopic (exact) mass is 222 g/mol. The lowest BCUT2D eigenvalue weighted by Crippen LogP contribution is -2.42. The third-order valence-electron chi connectivity index (χ3n) is 2.22. The number of aryl methyl sites for hydroxylation is 1. The average molecular weight is 222 g/mol. The van der Waals surface area contributed by atoms with Crippen molar-refractivity contribution in [2.75, 3.05) is 7.05 Å². The van der Waals surface area contributed by atoms with E-state index < -0.39 is 5.60 Å². The maximum atomic E-state index is 11.7. The van der Waals surface area contributed by atoms with Crippen molar-refractivity contribution in [1.82, 2.24) is 9.88 Å². The number of carbonyl (C=O) groups excluding carboxylic acids is 1. The summed E-state index contributed by atoms with van der Waals surface area (Å²) in [5, 5.41) is 9.58. The summed E-state index contributed by atoms with van der Waals surface area (Å²) >= 11 is 0. The van der Waals surface area contributed by atoms with Crippen molar-refractivity contribution in [3.05, 3.63) is 29.6 Å². The SMILES string of the molecule is Cc1cccc(CN(C)C(=O)C(C)(C)O)n1. The molecule has 0 aliphatic rings. The Morgan fingerprint density at radius 3 is 2.62 bits per heavy atom. The molecule has 1 heterocycles. The fraction of sp³-hybridized carbons (Fsp3) is 0.500. The summed E-state index contributed by atoms with van der Waals surface area (Å²) in [5.41, 5.74) is 0.403.